The smallest absolute Gasteiger partial charge is 0.127 e. The van der Waals surface area contributed by atoms with Gasteiger partial charge in [0.25, 0.3) is 0 Å². The number of nitrogens with zero attached hydrogens (tertiary/aromatic N) is 2. The molecule has 0 saturated carbocycles. The lowest BCUT2D eigenvalue weighted by atomic mass is 10.1. The molecule has 0 radical (unpaired) electrons. The lowest BCUT2D eigenvalue weighted by Gasteiger charge is -2.07. The van der Waals surface area contributed by atoms with Crippen LogP contribution in [-0.4, -0.2) is 10.1 Å². The minimum Gasteiger partial charge on any atom is -0.508 e. The van der Waals surface area contributed by atoms with Crippen LogP contribution in [0.5, 0.6) is 17.2 Å². The van der Waals surface area contributed by atoms with E-state index in [2.05, 4.69) is 4.98 Å². The van der Waals surface area contributed by atoms with Crippen LogP contribution in [0.1, 0.15) is 5.56 Å². The molecule has 1 aromatic heterocycles. The molecular weight excluding hydrogens is 276 g/mol. The van der Waals surface area contributed by atoms with Gasteiger partial charge >= 0.3 is 0 Å². The summed E-state index contributed by atoms with van der Waals surface area (Å²) in [5, 5.41) is 18.0. The molecule has 2 aromatic carbocycles. The second-order valence-electron chi connectivity index (χ2n) is 4.66. The van der Waals surface area contributed by atoms with Gasteiger partial charge in [0.2, 0.25) is 0 Å². The van der Waals surface area contributed by atoms with Crippen molar-refractivity contribution in [1.29, 1.82) is 5.26 Å². The van der Waals surface area contributed by atoms with Crippen molar-refractivity contribution in [2.24, 2.45) is 0 Å². The minimum atomic E-state index is 0.203. The van der Waals surface area contributed by atoms with Crippen LogP contribution in [0.25, 0.3) is 11.3 Å². The molecule has 0 unspecified atom stereocenters. The quantitative estimate of drug-likeness (QED) is 0.787. The Balaban J connectivity index is 1.77. The number of hydrogen-bond acceptors (Lipinski definition) is 4. The van der Waals surface area contributed by atoms with Crippen LogP contribution in [0.4, 0.5) is 0 Å². The van der Waals surface area contributed by atoms with Gasteiger partial charge in [0, 0.05) is 11.8 Å². The third-order valence-electron chi connectivity index (χ3n) is 3.12. The van der Waals surface area contributed by atoms with Gasteiger partial charge in [-0.05, 0) is 60.7 Å². The summed E-state index contributed by atoms with van der Waals surface area (Å²) in [7, 11) is 0. The Morgan fingerprint density at radius 1 is 0.864 bits per heavy atom. The van der Waals surface area contributed by atoms with Crippen molar-refractivity contribution in [3.63, 3.8) is 0 Å². The van der Waals surface area contributed by atoms with Gasteiger partial charge in [-0.2, -0.15) is 5.26 Å². The van der Waals surface area contributed by atoms with Gasteiger partial charge in [-0.25, -0.2) is 0 Å². The molecule has 22 heavy (non-hydrogen) atoms. The van der Waals surface area contributed by atoms with Crippen molar-refractivity contribution in [3.05, 3.63) is 72.4 Å². The highest BCUT2D eigenvalue weighted by atomic mass is 16.5. The Morgan fingerprint density at radius 2 is 1.50 bits per heavy atom. The van der Waals surface area contributed by atoms with E-state index >= 15 is 0 Å². The Kier molecular flexibility index (Phi) is 3.71. The predicted molar refractivity (Wildman–Crippen MR) is 82.6 cm³/mol. The number of hydrogen-bond donors (Lipinski definition) is 1. The second kappa shape index (κ2) is 5.98. The van der Waals surface area contributed by atoms with Crippen molar-refractivity contribution in [2.45, 2.75) is 0 Å². The van der Waals surface area contributed by atoms with E-state index in [9.17, 15) is 5.11 Å². The van der Waals surface area contributed by atoms with E-state index in [0.717, 1.165) is 11.3 Å². The molecular formula is C18H12N2O2. The third-order valence-corrected chi connectivity index (χ3v) is 3.12. The van der Waals surface area contributed by atoms with Gasteiger partial charge in [-0.1, -0.05) is 0 Å². The molecule has 0 aliphatic carbocycles. The van der Waals surface area contributed by atoms with Gasteiger partial charge in [0.05, 0.1) is 11.3 Å². The summed E-state index contributed by atoms with van der Waals surface area (Å²) in [6, 6.07) is 19.7. The van der Waals surface area contributed by atoms with Crippen LogP contribution in [0, 0.1) is 11.3 Å². The van der Waals surface area contributed by atoms with Gasteiger partial charge < -0.3 is 9.84 Å². The van der Waals surface area contributed by atoms with E-state index in [1.54, 1.807) is 36.5 Å². The molecule has 0 spiro atoms. The number of phenols is 1. The number of aromatic nitrogens is 1. The number of pyridine rings is 1. The van der Waals surface area contributed by atoms with Crippen molar-refractivity contribution in [3.8, 4) is 34.6 Å². The maximum atomic E-state index is 9.24. The summed E-state index contributed by atoms with van der Waals surface area (Å²) in [6.45, 7) is 0. The summed E-state index contributed by atoms with van der Waals surface area (Å²) in [5.41, 5.74) is 2.29. The maximum Gasteiger partial charge on any atom is 0.127 e. The van der Waals surface area contributed by atoms with E-state index < -0.39 is 0 Å². The molecule has 106 valence electrons. The highest BCUT2D eigenvalue weighted by Crippen LogP contribution is 2.26. The molecule has 4 nitrogen and oxygen atoms in total. The molecule has 4 heteroatoms. The Bertz CT molecular complexity index is 802. The van der Waals surface area contributed by atoms with E-state index in [1.807, 2.05) is 36.4 Å². The fraction of sp³-hybridized carbons (Fsp3) is 0. The average Bonchev–Trinajstić information content (AvgIpc) is 2.58. The standard InChI is InChI=1S/C18H12N2O2/c19-11-13-1-10-18(20-12-13)14-2-6-16(7-3-14)22-17-8-4-15(21)5-9-17/h1-10,12,21H. The maximum absolute atomic E-state index is 9.24. The Hall–Kier alpha value is -3.32. The van der Waals surface area contributed by atoms with Crippen molar-refractivity contribution in [1.82, 2.24) is 4.98 Å². The SMILES string of the molecule is N#Cc1ccc(-c2ccc(Oc3ccc(O)cc3)cc2)nc1. The van der Waals surface area contributed by atoms with Crippen LogP contribution in [-0.2, 0) is 0 Å². The highest BCUT2D eigenvalue weighted by Gasteiger charge is 2.02. The molecule has 1 heterocycles. The minimum absolute atomic E-state index is 0.203. The molecule has 3 rings (SSSR count). The summed E-state index contributed by atoms with van der Waals surface area (Å²) in [4.78, 5) is 4.25. The molecule has 0 amide bonds. The van der Waals surface area contributed by atoms with E-state index in [-0.39, 0.29) is 5.75 Å². The topological polar surface area (TPSA) is 66.1 Å². The molecule has 1 N–H and O–H groups in total. The van der Waals surface area contributed by atoms with Crippen molar-refractivity contribution < 1.29 is 9.84 Å². The van der Waals surface area contributed by atoms with E-state index in [4.69, 9.17) is 10.00 Å². The third kappa shape index (κ3) is 3.05. The van der Waals surface area contributed by atoms with Gasteiger partial charge in [-0.3, -0.25) is 4.98 Å². The van der Waals surface area contributed by atoms with E-state index in [1.165, 1.54) is 0 Å². The first-order valence-corrected chi connectivity index (χ1v) is 6.68. The van der Waals surface area contributed by atoms with Gasteiger partial charge in [-0.15, -0.1) is 0 Å². The first-order valence-electron chi connectivity index (χ1n) is 6.68. The van der Waals surface area contributed by atoms with Crippen LogP contribution in [0.2, 0.25) is 0 Å². The van der Waals surface area contributed by atoms with Crippen LogP contribution in [0.3, 0.4) is 0 Å². The van der Waals surface area contributed by atoms with Gasteiger partial charge in [0.1, 0.15) is 23.3 Å². The zero-order chi connectivity index (χ0) is 15.4. The zero-order valence-electron chi connectivity index (χ0n) is 11.6. The summed E-state index contributed by atoms with van der Waals surface area (Å²) >= 11 is 0. The highest BCUT2D eigenvalue weighted by molar-refractivity contribution is 5.60. The number of nitriles is 1. The summed E-state index contributed by atoms with van der Waals surface area (Å²) in [5.74, 6) is 1.56. The van der Waals surface area contributed by atoms with Crippen molar-refractivity contribution >= 4 is 0 Å². The molecule has 0 aliphatic heterocycles. The summed E-state index contributed by atoms with van der Waals surface area (Å²) in [6.07, 6.45) is 1.55. The van der Waals surface area contributed by atoms with Crippen LogP contribution >= 0.6 is 0 Å². The number of ether oxygens (including phenoxy) is 1. The predicted octanol–water partition coefficient (Wildman–Crippen LogP) is 4.12. The number of phenolic OH excluding ortho intramolecular Hbond substituents is 1. The van der Waals surface area contributed by atoms with Crippen LogP contribution in [0.15, 0.2) is 66.9 Å². The number of benzene rings is 2. The summed E-state index contributed by atoms with van der Waals surface area (Å²) < 4.78 is 5.69. The Morgan fingerprint density at radius 3 is 2.05 bits per heavy atom. The fourth-order valence-electron chi connectivity index (χ4n) is 1.97. The molecule has 0 bridgehead atoms. The molecule has 0 aliphatic rings. The zero-order valence-corrected chi connectivity index (χ0v) is 11.6. The van der Waals surface area contributed by atoms with Gasteiger partial charge in [0.15, 0.2) is 0 Å². The second-order valence-corrected chi connectivity index (χ2v) is 4.66. The molecule has 0 atom stereocenters. The molecule has 0 saturated heterocycles. The van der Waals surface area contributed by atoms with E-state index in [0.29, 0.717) is 17.1 Å². The molecule has 0 fully saturated rings. The van der Waals surface area contributed by atoms with Crippen molar-refractivity contribution in [2.75, 3.05) is 0 Å². The monoisotopic (exact) mass is 288 g/mol. The van der Waals surface area contributed by atoms with Crippen LogP contribution < -0.4 is 4.74 Å². The number of aromatic hydroxyl groups is 1. The molecule has 3 aromatic rings. The average molecular weight is 288 g/mol. The lowest BCUT2D eigenvalue weighted by molar-refractivity contribution is 0.464. The number of rotatable bonds is 3. The largest absolute Gasteiger partial charge is 0.508 e. The Labute approximate surface area is 127 Å². The lowest BCUT2D eigenvalue weighted by Crippen LogP contribution is -1.86. The normalized spacial score (nSPS) is 9.95. The fourth-order valence-corrected chi connectivity index (χ4v) is 1.97. The first kappa shape index (κ1) is 13.7. The first-order chi connectivity index (χ1) is 10.7.